The highest BCUT2D eigenvalue weighted by Crippen LogP contribution is 2.24. The van der Waals surface area contributed by atoms with Gasteiger partial charge < -0.3 is 15.2 Å². The first-order valence-electron chi connectivity index (χ1n) is 6.89. The quantitative estimate of drug-likeness (QED) is 0.607. The molecular formula is C13H24N6. The second-order valence-electron chi connectivity index (χ2n) is 5.18. The highest BCUT2D eigenvalue weighted by atomic mass is 15.3. The largest absolute Gasteiger partial charge is 0.358 e. The van der Waals surface area contributed by atoms with Crippen LogP contribution in [0.3, 0.4) is 0 Å². The number of nitrogens with zero attached hydrogens (tertiary/aromatic N) is 4. The van der Waals surface area contributed by atoms with Crippen LogP contribution in [-0.4, -0.2) is 48.1 Å². The average molecular weight is 264 g/mol. The molecule has 1 atom stereocenters. The van der Waals surface area contributed by atoms with Crippen LogP contribution < -0.4 is 16.2 Å². The van der Waals surface area contributed by atoms with Gasteiger partial charge in [0.25, 0.3) is 0 Å². The molecule has 6 heteroatoms. The van der Waals surface area contributed by atoms with Gasteiger partial charge in [0.2, 0.25) is 0 Å². The standard InChI is InChI=1S/C13H24N6/c1-4-11-12(17-14)15-9-16-13(11)19(3)8-10-6-5-7-18(10)2/h9-10H,4-8,14H2,1-3H3,(H,15,16,17). The summed E-state index contributed by atoms with van der Waals surface area (Å²) in [4.78, 5) is 13.2. The Morgan fingerprint density at radius 2 is 2.32 bits per heavy atom. The molecular weight excluding hydrogens is 240 g/mol. The number of nitrogens with two attached hydrogens (primary N) is 1. The van der Waals surface area contributed by atoms with Gasteiger partial charge in [0.1, 0.15) is 18.0 Å². The topological polar surface area (TPSA) is 70.3 Å². The van der Waals surface area contributed by atoms with Crippen LogP contribution in [-0.2, 0) is 6.42 Å². The number of anilines is 2. The summed E-state index contributed by atoms with van der Waals surface area (Å²) in [7, 11) is 4.28. The number of hydrogen-bond acceptors (Lipinski definition) is 6. The molecule has 0 saturated carbocycles. The van der Waals surface area contributed by atoms with Crippen LogP contribution in [0, 0.1) is 0 Å². The minimum atomic E-state index is 0.610. The lowest BCUT2D eigenvalue weighted by atomic mass is 10.1. The Labute approximate surface area is 115 Å². The third kappa shape index (κ3) is 2.96. The Morgan fingerprint density at radius 1 is 1.53 bits per heavy atom. The van der Waals surface area contributed by atoms with E-state index in [1.54, 1.807) is 6.33 Å². The van der Waals surface area contributed by atoms with Gasteiger partial charge in [-0.3, -0.25) is 0 Å². The molecule has 1 aromatic heterocycles. The van der Waals surface area contributed by atoms with E-state index in [1.165, 1.54) is 19.4 Å². The van der Waals surface area contributed by atoms with Crippen molar-refractivity contribution in [2.24, 2.45) is 5.84 Å². The smallest absolute Gasteiger partial charge is 0.148 e. The number of likely N-dealkylation sites (tertiary alicyclic amines) is 1. The van der Waals surface area contributed by atoms with Crippen LogP contribution in [0.25, 0.3) is 0 Å². The molecule has 6 nitrogen and oxygen atoms in total. The lowest BCUT2D eigenvalue weighted by Gasteiger charge is -2.28. The summed E-state index contributed by atoms with van der Waals surface area (Å²) in [6, 6.07) is 0.610. The molecule has 1 fully saturated rings. The number of likely N-dealkylation sites (N-methyl/N-ethyl adjacent to an activating group) is 2. The summed E-state index contributed by atoms with van der Waals surface area (Å²) in [5.74, 6) is 7.21. The van der Waals surface area contributed by atoms with Crippen molar-refractivity contribution in [2.75, 3.05) is 37.5 Å². The zero-order chi connectivity index (χ0) is 13.8. The number of hydrogen-bond donors (Lipinski definition) is 2. The first-order chi connectivity index (χ1) is 9.17. The molecule has 0 bridgehead atoms. The zero-order valence-electron chi connectivity index (χ0n) is 12.1. The van der Waals surface area contributed by atoms with Gasteiger partial charge in [-0.2, -0.15) is 0 Å². The van der Waals surface area contributed by atoms with E-state index in [4.69, 9.17) is 5.84 Å². The molecule has 1 aromatic rings. The Kier molecular flexibility index (Phi) is 4.55. The van der Waals surface area contributed by atoms with E-state index in [1.807, 2.05) is 0 Å². The zero-order valence-corrected chi connectivity index (χ0v) is 12.1. The normalized spacial score (nSPS) is 19.7. The first kappa shape index (κ1) is 14.0. The third-order valence-electron chi connectivity index (χ3n) is 3.93. The van der Waals surface area contributed by atoms with Gasteiger partial charge in [0.15, 0.2) is 0 Å². The Balaban J connectivity index is 2.16. The molecule has 106 valence electrons. The fourth-order valence-electron chi connectivity index (χ4n) is 2.79. The van der Waals surface area contributed by atoms with Gasteiger partial charge in [-0.25, -0.2) is 15.8 Å². The van der Waals surface area contributed by atoms with Crippen molar-refractivity contribution in [3.8, 4) is 0 Å². The molecule has 0 aliphatic carbocycles. The van der Waals surface area contributed by atoms with Gasteiger partial charge in [0.05, 0.1) is 0 Å². The van der Waals surface area contributed by atoms with Crippen molar-refractivity contribution in [3.63, 3.8) is 0 Å². The highest BCUT2D eigenvalue weighted by Gasteiger charge is 2.23. The Hall–Kier alpha value is -1.40. The third-order valence-corrected chi connectivity index (χ3v) is 3.93. The van der Waals surface area contributed by atoms with Crippen LogP contribution in [0.15, 0.2) is 6.33 Å². The monoisotopic (exact) mass is 264 g/mol. The van der Waals surface area contributed by atoms with Crippen molar-refractivity contribution in [1.29, 1.82) is 0 Å². The molecule has 19 heavy (non-hydrogen) atoms. The van der Waals surface area contributed by atoms with Crippen molar-refractivity contribution >= 4 is 11.6 Å². The number of nitrogens with one attached hydrogen (secondary N) is 1. The molecule has 0 radical (unpaired) electrons. The van der Waals surface area contributed by atoms with Crippen LogP contribution in [0.5, 0.6) is 0 Å². The molecule has 0 spiro atoms. The van der Waals surface area contributed by atoms with Crippen LogP contribution >= 0.6 is 0 Å². The van der Waals surface area contributed by atoms with Crippen molar-refractivity contribution < 1.29 is 0 Å². The summed E-state index contributed by atoms with van der Waals surface area (Å²) >= 11 is 0. The summed E-state index contributed by atoms with van der Waals surface area (Å²) < 4.78 is 0. The van der Waals surface area contributed by atoms with Crippen molar-refractivity contribution in [1.82, 2.24) is 14.9 Å². The molecule has 1 unspecified atom stereocenters. The number of aromatic nitrogens is 2. The fraction of sp³-hybridized carbons (Fsp3) is 0.692. The maximum absolute atomic E-state index is 5.51. The fourth-order valence-corrected chi connectivity index (χ4v) is 2.79. The molecule has 2 rings (SSSR count). The molecule has 1 saturated heterocycles. The van der Waals surface area contributed by atoms with Crippen molar-refractivity contribution in [2.45, 2.75) is 32.2 Å². The van der Waals surface area contributed by atoms with E-state index in [2.05, 4.69) is 46.2 Å². The van der Waals surface area contributed by atoms with E-state index in [0.29, 0.717) is 6.04 Å². The second kappa shape index (κ2) is 6.16. The van der Waals surface area contributed by atoms with Crippen LogP contribution in [0.1, 0.15) is 25.3 Å². The van der Waals surface area contributed by atoms with Gasteiger partial charge in [0, 0.05) is 25.2 Å². The molecule has 2 heterocycles. The van der Waals surface area contributed by atoms with E-state index in [-0.39, 0.29) is 0 Å². The van der Waals surface area contributed by atoms with Gasteiger partial charge in [-0.1, -0.05) is 6.92 Å². The van der Waals surface area contributed by atoms with Crippen LogP contribution in [0.4, 0.5) is 11.6 Å². The highest BCUT2D eigenvalue weighted by molar-refractivity contribution is 5.58. The lowest BCUT2D eigenvalue weighted by molar-refractivity contribution is 0.314. The van der Waals surface area contributed by atoms with E-state index < -0.39 is 0 Å². The molecule has 0 amide bonds. The van der Waals surface area contributed by atoms with E-state index in [9.17, 15) is 0 Å². The van der Waals surface area contributed by atoms with E-state index in [0.717, 1.165) is 30.2 Å². The number of nitrogen functional groups attached to an aromatic ring is 1. The second-order valence-corrected chi connectivity index (χ2v) is 5.18. The molecule has 3 N–H and O–H groups in total. The maximum atomic E-state index is 5.51. The minimum absolute atomic E-state index is 0.610. The molecule has 1 aliphatic heterocycles. The minimum Gasteiger partial charge on any atom is -0.358 e. The van der Waals surface area contributed by atoms with Gasteiger partial charge in [-0.15, -0.1) is 0 Å². The average Bonchev–Trinajstić information content (AvgIpc) is 2.83. The first-order valence-corrected chi connectivity index (χ1v) is 6.89. The maximum Gasteiger partial charge on any atom is 0.148 e. The predicted molar refractivity (Wildman–Crippen MR) is 78.1 cm³/mol. The van der Waals surface area contributed by atoms with E-state index >= 15 is 0 Å². The summed E-state index contributed by atoms with van der Waals surface area (Å²) in [5, 5.41) is 0. The lowest BCUT2D eigenvalue weighted by Crippen LogP contribution is -2.37. The predicted octanol–water partition coefficient (Wildman–Crippen LogP) is 0.855. The molecule has 1 aliphatic rings. The molecule has 0 aromatic carbocycles. The van der Waals surface area contributed by atoms with Gasteiger partial charge >= 0.3 is 0 Å². The summed E-state index contributed by atoms with van der Waals surface area (Å²) in [5.41, 5.74) is 3.73. The number of rotatable bonds is 5. The van der Waals surface area contributed by atoms with Crippen molar-refractivity contribution in [3.05, 3.63) is 11.9 Å². The Bertz CT molecular complexity index is 422. The summed E-state index contributed by atoms with van der Waals surface area (Å²) in [6.07, 6.45) is 4.98. The SMILES string of the molecule is CCc1c(NN)ncnc1N(C)CC1CCCN1C. The van der Waals surface area contributed by atoms with Crippen LogP contribution in [0.2, 0.25) is 0 Å². The summed E-state index contributed by atoms with van der Waals surface area (Å²) in [6.45, 7) is 4.28. The Morgan fingerprint density at radius 3 is 2.89 bits per heavy atom. The number of hydrazine groups is 1. The van der Waals surface area contributed by atoms with Gasteiger partial charge in [-0.05, 0) is 32.9 Å².